The summed E-state index contributed by atoms with van der Waals surface area (Å²) in [5.41, 5.74) is 0. The Hall–Kier alpha value is -1.39. The molecule has 116 valence electrons. The van der Waals surface area contributed by atoms with E-state index in [2.05, 4.69) is 57.8 Å². The van der Waals surface area contributed by atoms with Gasteiger partial charge in [0, 0.05) is 5.19 Å². The Morgan fingerprint density at radius 3 is 2.41 bits per heavy atom. The van der Waals surface area contributed by atoms with Crippen LogP contribution in [0, 0.1) is 0 Å². The zero-order chi connectivity index (χ0) is 15.9. The van der Waals surface area contributed by atoms with E-state index in [-0.39, 0.29) is 6.10 Å². The van der Waals surface area contributed by atoms with Crippen LogP contribution in [0.5, 0.6) is 17.2 Å². The molecule has 4 heteroatoms. The van der Waals surface area contributed by atoms with Gasteiger partial charge in [-0.3, -0.25) is 0 Å². The van der Waals surface area contributed by atoms with E-state index in [1.165, 1.54) is 15.0 Å². The van der Waals surface area contributed by atoms with Crippen molar-refractivity contribution >= 4 is 25.0 Å². The molecule has 0 saturated carbocycles. The Kier molecular flexibility index (Phi) is 3.99. The lowest BCUT2D eigenvalue weighted by atomic mass is 10.3. The van der Waals surface area contributed by atoms with E-state index in [0.29, 0.717) is 0 Å². The van der Waals surface area contributed by atoms with E-state index in [4.69, 9.17) is 9.47 Å². The highest BCUT2D eigenvalue weighted by Crippen LogP contribution is 2.47. The summed E-state index contributed by atoms with van der Waals surface area (Å²) in [6.07, 6.45) is 0.164. The first-order valence-electron chi connectivity index (χ1n) is 7.65. The highest BCUT2D eigenvalue weighted by atomic mass is 32.2. The fourth-order valence-electron chi connectivity index (χ4n) is 2.64. The molecule has 0 spiro atoms. The lowest BCUT2D eigenvalue weighted by Gasteiger charge is -2.29. The van der Waals surface area contributed by atoms with Gasteiger partial charge in [-0.15, -0.1) is 0 Å². The van der Waals surface area contributed by atoms with Gasteiger partial charge in [0.05, 0.1) is 24.0 Å². The average Bonchev–Trinajstić information content (AvgIpc) is 2.43. The van der Waals surface area contributed by atoms with E-state index in [9.17, 15) is 0 Å². The van der Waals surface area contributed by atoms with Crippen LogP contribution in [0.25, 0.3) is 0 Å². The molecular formula is C18H22O2SSi. The minimum atomic E-state index is -1.61. The van der Waals surface area contributed by atoms with Gasteiger partial charge >= 0.3 is 0 Å². The SMILES string of the molecule is CC(C)Oc1ccc2c(c1[Si](C)(C)C)Oc1ccccc1S2. The van der Waals surface area contributed by atoms with Gasteiger partial charge in [-0.05, 0) is 38.1 Å². The number of para-hydroxylation sites is 1. The molecule has 0 aliphatic carbocycles. The van der Waals surface area contributed by atoms with Crippen molar-refractivity contribution in [2.24, 2.45) is 0 Å². The highest BCUT2D eigenvalue weighted by Gasteiger charge is 2.31. The van der Waals surface area contributed by atoms with Crippen molar-refractivity contribution in [1.29, 1.82) is 0 Å². The number of hydrogen-bond donors (Lipinski definition) is 0. The molecule has 0 bridgehead atoms. The van der Waals surface area contributed by atoms with Crippen LogP contribution in [-0.2, 0) is 0 Å². The largest absolute Gasteiger partial charge is 0.491 e. The molecule has 1 aliphatic rings. The molecule has 1 heterocycles. The predicted molar refractivity (Wildman–Crippen MR) is 95.8 cm³/mol. The van der Waals surface area contributed by atoms with Crippen LogP contribution < -0.4 is 14.7 Å². The summed E-state index contributed by atoms with van der Waals surface area (Å²) >= 11 is 1.78. The van der Waals surface area contributed by atoms with Gasteiger partial charge < -0.3 is 9.47 Å². The Morgan fingerprint density at radius 1 is 1.00 bits per heavy atom. The molecule has 22 heavy (non-hydrogen) atoms. The van der Waals surface area contributed by atoms with Crippen molar-refractivity contribution in [3.8, 4) is 17.2 Å². The highest BCUT2D eigenvalue weighted by molar-refractivity contribution is 7.99. The first-order chi connectivity index (χ1) is 10.4. The van der Waals surface area contributed by atoms with E-state index in [1.54, 1.807) is 11.8 Å². The van der Waals surface area contributed by atoms with E-state index in [0.717, 1.165) is 17.2 Å². The molecule has 2 aromatic carbocycles. The molecular weight excluding hydrogens is 308 g/mol. The predicted octanol–water partition coefficient (Wildman–Crippen LogP) is 5.28. The zero-order valence-corrected chi connectivity index (χ0v) is 15.6. The van der Waals surface area contributed by atoms with Crippen LogP contribution in [0.3, 0.4) is 0 Å². The van der Waals surface area contributed by atoms with Gasteiger partial charge in [-0.2, -0.15) is 0 Å². The fourth-order valence-corrected chi connectivity index (χ4v) is 5.44. The van der Waals surface area contributed by atoms with Gasteiger partial charge in [0.15, 0.2) is 0 Å². The normalized spacial score (nSPS) is 13.4. The Bertz CT molecular complexity index is 705. The summed E-state index contributed by atoms with van der Waals surface area (Å²) in [6, 6.07) is 12.4. The molecule has 0 amide bonds. The molecule has 0 atom stereocenters. The number of benzene rings is 2. The fraction of sp³-hybridized carbons (Fsp3) is 0.333. The summed E-state index contributed by atoms with van der Waals surface area (Å²) < 4.78 is 12.4. The van der Waals surface area contributed by atoms with Crippen LogP contribution in [0.2, 0.25) is 19.6 Å². The first kappa shape index (κ1) is 15.5. The summed E-state index contributed by atoms with van der Waals surface area (Å²) in [7, 11) is -1.61. The van der Waals surface area contributed by atoms with Gasteiger partial charge in [0.2, 0.25) is 0 Å². The van der Waals surface area contributed by atoms with Gasteiger partial charge in [0.25, 0.3) is 0 Å². The smallest absolute Gasteiger partial charge is 0.144 e. The van der Waals surface area contributed by atoms with Crippen LogP contribution >= 0.6 is 11.8 Å². The van der Waals surface area contributed by atoms with Crippen LogP contribution in [0.4, 0.5) is 0 Å². The van der Waals surface area contributed by atoms with E-state index in [1.807, 2.05) is 12.1 Å². The maximum Gasteiger partial charge on any atom is 0.144 e. The molecule has 0 saturated heterocycles. The van der Waals surface area contributed by atoms with E-state index < -0.39 is 8.07 Å². The molecule has 0 unspecified atom stereocenters. The van der Waals surface area contributed by atoms with Crippen molar-refractivity contribution < 1.29 is 9.47 Å². The molecule has 0 radical (unpaired) electrons. The summed E-state index contributed by atoms with van der Waals surface area (Å²) in [5.74, 6) is 2.93. The van der Waals surface area contributed by atoms with Crippen LogP contribution in [0.1, 0.15) is 13.8 Å². The Morgan fingerprint density at radius 2 is 1.73 bits per heavy atom. The second-order valence-electron chi connectivity index (χ2n) is 6.83. The third-order valence-corrected chi connectivity index (χ3v) is 6.55. The van der Waals surface area contributed by atoms with Gasteiger partial charge in [0.1, 0.15) is 17.2 Å². The maximum absolute atomic E-state index is 6.29. The third kappa shape index (κ3) is 2.90. The number of fused-ring (bicyclic) bond motifs is 2. The topological polar surface area (TPSA) is 18.5 Å². The van der Waals surface area contributed by atoms with Crippen molar-refractivity contribution in [3.63, 3.8) is 0 Å². The Balaban J connectivity index is 2.14. The standard InChI is InChI=1S/C18H22O2SSi/c1-12(2)19-14-10-11-16-17(18(14)22(3,4)5)20-13-8-6-7-9-15(13)21-16/h6-12H,1-5H3. The van der Waals surface area contributed by atoms with Crippen molar-refractivity contribution in [2.75, 3.05) is 0 Å². The lowest BCUT2D eigenvalue weighted by molar-refractivity contribution is 0.243. The quantitative estimate of drug-likeness (QED) is 0.609. The van der Waals surface area contributed by atoms with Gasteiger partial charge in [-0.1, -0.05) is 43.5 Å². The Labute approximate surface area is 137 Å². The first-order valence-corrected chi connectivity index (χ1v) is 12.0. The number of ether oxygens (including phenoxy) is 2. The molecule has 2 nitrogen and oxygen atoms in total. The van der Waals surface area contributed by atoms with Gasteiger partial charge in [-0.25, -0.2) is 0 Å². The van der Waals surface area contributed by atoms with Crippen molar-refractivity contribution in [3.05, 3.63) is 36.4 Å². The lowest BCUT2D eigenvalue weighted by Crippen LogP contribution is -2.40. The third-order valence-electron chi connectivity index (χ3n) is 3.48. The minimum absolute atomic E-state index is 0.164. The minimum Gasteiger partial charge on any atom is -0.491 e. The average molecular weight is 331 g/mol. The van der Waals surface area contributed by atoms with Crippen LogP contribution in [0.15, 0.2) is 46.2 Å². The molecule has 0 aromatic heterocycles. The maximum atomic E-state index is 6.29. The summed E-state index contributed by atoms with van der Waals surface area (Å²) in [4.78, 5) is 2.36. The summed E-state index contributed by atoms with van der Waals surface area (Å²) in [5, 5.41) is 1.28. The summed E-state index contributed by atoms with van der Waals surface area (Å²) in [6.45, 7) is 11.1. The van der Waals surface area contributed by atoms with Crippen molar-refractivity contribution in [2.45, 2.75) is 49.4 Å². The second kappa shape index (κ2) is 5.67. The molecule has 0 N–H and O–H groups in total. The zero-order valence-electron chi connectivity index (χ0n) is 13.8. The number of hydrogen-bond acceptors (Lipinski definition) is 3. The molecule has 1 aliphatic heterocycles. The molecule has 3 rings (SSSR count). The van der Waals surface area contributed by atoms with E-state index >= 15 is 0 Å². The number of rotatable bonds is 3. The second-order valence-corrected chi connectivity index (χ2v) is 12.9. The molecule has 0 fully saturated rings. The van der Waals surface area contributed by atoms with Crippen LogP contribution in [-0.4, -0.2) is 14.2 Å². The molecule has 2 aromatic rings. The monoisotopic (exact) mass is 330 g/mol. The van der Waals surface area contributed by atoms with Crippen molar-refractivity contribution in [1.82, 2.24) is 0 Å².